The molecule has 0 aliphatic heterocycles. The van der Waals surface area contributed by atoms with Crippen molar-refractivity contribution >= 4 is 39.4 Å². The highest BCUT2D eigenvalue weighted by atomic mass is 35.5. The Balaban J connectivity index is 1.51. The third kappa shape index (κ3) is 5.51. The quantitative estimate of drug-likeness (QED) is 0.292. The second-order valence-electron chi connectivity index (χ2n) is 8.90. The molecule has 2 heterocycles. The maximum Gasteiger partial charge on any atom is 0.320 e. The molecule has 4 aromatic rings. The second kappa shape index (κ2) is 10.5. The summed E-state index contributed by atoms with van der Waals surface area (Å²) in [6, 6.07) is 14.5. The van der Waals surface area contributed by atoms with Crippen LogP contribution in [0.1, 0.15) is 38.0 Å². The van der Waals surface area contributed by atoms with Gasteiger partial charge in [-0.1, -0.05) is 43.6 Å². The molecular formula is C27H30ClN3O3. The van der Waals surface area contributed by atoms with Gasteiger partial charge < -0.3 is 14.5 Å². The highest BCUT2D eigenvalue weighted by Crippen LogP contribution is 2.33. The Labute approximate surface area is 204 Å². The summed E-state index contributed by atoms with van der Waals surface area (Å²) in [6.45, 7) is 7.41. The molecule has 1 unspecified atom stereocenters. The Morgan fingerprint density at radius 3 is 2.68 bits per heavy atom. The number of aromatic nitrogens is 2. The van der Waals surface area contributed by atoms with Gasteiger partial charge in [-0.05, 0) is 60.5 Å². The molecule has 0 aliphatic carbocycles. The summed E-state index contributed by atoms with van der Waals surface area (Å²) in [5, 5.41) is 3.77. The number of halogens is 1. The highest BCUT2D eigenvalue weighted by molar-refractivity contribution is 6.35. The molecule has 1 atom stereocenters. The number of fused-ring (bicyclic) bond motifs is 2. The van der Waals surface area contributed by atoms with Crippen LogP contribution in [0.15, 0.2) is 54.9 Å². The summed E-state index contributed by atoms with van der Waals surface area (Å²) < 4.78 is 11.5. The smallest absolute Gasteiger partial charge is 0.320 e. The monoisotopic (exact) mass is 479 g/mol. The number of benzene rings is 2. The van der Waals surface area contributed by atoms with E-state index in [4.69, 9.17) is 21.1 Å². The van der Waals surface area contributed by atoms with Gasteiger partial charge in [0.15, 0.2) is 0 Å². The zero-order valence-electron chi connectivity index (χ0n) is 20.0. The van der Waals surface area contributed by atoms with Crippen LogP contribution in [0.2, 0.25) is 5.02 Å². The minimum absolute atomic E-state index is 0.156. The molecule has 4 rings (SSSR count). The minimum Gasteiger partial charge on any atom is -0.485 e. The molecule has 6 nitrogen and oxygen atoms in total. The Hall–Kier alpha value is -3.09. The van der Waals surface area contributed by atoms with E-state index in [0.717, 1.165) is 38.7 Å². The Kier molecular flexibility index (Phi) is 7.39. The molecule has 0 spiro atoms. The maximum atomic E-state index is 11.7. The number of hydrogen-bond acceptors (Lipinski definition) is 5. The van der Waals surface area contributed by atoms with Crippen molar-refractivity contribution in [2.45, 2.75) is 33.4 Å². The average molecular weight is 480 g/mol. The van der Waals surface area contributed by atoms with Crippen molar-refractivity contribution in [1.82, 2.24) is 14.9 Å². The van der Waals surface area contributed by atoms with Crippen LogP contribution in [-0.4, -0.2) is 41.0 Å². The molecule has 0 aliphatic rings. The third-order valence-electron chi connectivity index (χ3n) is 5.73. The lowest BCUT2D eigenvalue weighted by Gasteiger charge is -2.23. The van der Waals surface area contributed by atoms with E-state index in [-0.39, 0.29) is 24.5 Å². The number of nitrogens with zero attached hydrogens (tertiary/aromatic N) is 2. The van der Waals surface area contributed by atoms with E-state index in [0.29, 0.717) is 18.2 Å². The molecule has 178 valence electrons. The SMILES string of the molecule is CCOC(=O)CN(C)Cc1ccc2cc(OC(c3cnc4[nH]cc(Cl)c4c3)C(C)C)ccc2c1. The predicted octanol–water partition coefficient (Wildman–Crippen LogP) is 6.14. The normalized spacial score (nSPS) is 12.6. The lowest BCUT2D eigenvalue weighted by molar-refractivity contribution is -0.144. The number of pyridine rings is 1. The first kappa shape index (κ1) is 24.0. The molecule has 0 saturated heterocycles. The van der Waals surface area contributed by atoms with Crippen molar-refractivity contribution in [3.63, 3.8) is 0 Å². The lowest BCUT2D eigenvalue weighted by Crippen LogP contribution is -2.26. The van der Waals surface area contributed by atoms with Crippen molar-refractivity contribution < 1.29 is 14.3 Å². The van der Waals surface area contributed by atoms with Crippen LogP contribution in [0.5, 0.6) is 5.75 Å². The standard InChI is InChI=1S/C27H30ClN3O3/c1-5-33-25(32)16-31(4)15-18-6-7-20-11-22(9-8-19(20)10-18)34-26(17(2)3)21-12-23-24(28)14-30-27(23)29-13-21/h6-14,17,26H,5,15-16H2,1-4H3,(H,29,30). The lowest BCUT2D eigenvalue weighted by atomic mass is 9.99. The number of carbonyl (C=O) groups excluding carboxylic acids is 1. The van der Waals surface area contributed by atoms with Gasteiger partial charge in [0, 0.05) is 29.9 Å². The van der Waals surface area contributed by atoms with Crippen molar-refractivity contribution in [2.24, 2.45) is 5.92 Å². The van der Waals surface area contributed by atoms with Crippen LogP contribution in [0.4, 0.5) is 0 Å². The van der Waals surface area contributed by atoms with Gasteiger partial charge in [-0.2, -0.15) is 0 Å². The summed E-state index contributed by atoms with van der Waals surface area (Å²) in [5.74, 6) is 0.837. The molecule has 2 aromatic heterocycles. The van der Waals surface area contributed by atoms with Gasteiger partial charge >= 0.3 is 5.97 Å². The van der Waals surface area contributed by atoms with E-state index in [2.05, 4.69) is 54.1 Å². The van der Waals surface area contributed by atoms with Crippen LogP contribution in [0.3, 0.4) is 0 Å². The molecule has 0 radical (unpaired) electrons. The van der Waals surface area contributed by atoms with Gasteiger partial charge in [-0.25, -0.2) is 4.98 Å². The summed E-state index contributed by atoms with van der Waals surface area (Å²) in [6.07, 6.45) is 3.44. The van der Waals surface area contributed by atoms with E-state index in [9.17, 15) is 4.79 Å². The van der Waals surface area contributed by atoms with Crippen molar-refractivity contribution in [1.29, 1.82) is 0 Å². The number of ether oxygens (including phenoxy) is 2. The van der Waals surface area contributed by atoms with E-state index in [1.54, 1.807) is 6.20 Å². The fourth-order valence-corrected chi connectivity index (χ4v) is 4.32. The van der Waals surface area contributed by atoms with Crippen LogP contribution in [0.25, 0.3) is 21.8 Å². The fraction of sp³-hybridized carbons (Fsp3) is 0.333. The van der Waals surface area contributed by atoms with E-state index >= 15 is 0 Å². The maximum absolute atomic E-state index is 11.7. The topological polar surface area (TPSA) is 67.4 Å². The van der Waals surface area contributed by atoms with Crippen LogP contribution in [-0.2, 0) is 16.1 Å². The number of hydrogen-bond donors (Lipinski definition) is 1. The first-order valence-corrected chi connectivity index (χ1v) is 11.9. The number of nitrogens with one attached hydrogen (secondary N) is 1. The molecular weight excluding hydrogens is 450 g/mol. The molecule has 0 fully saturated rings. The van der Waals surface area contributed by atoms with Gasteiger partial charge in [-0.3, -0.25) is 9.69 Å². The average Bonchev–Trinajstić information content (AvgIpc) is 3.17. The molecule has 0 saturated carbocycles. The molecule has 34 heavy (non-hydrogen) atoms. The van der Waals surface area contributed by atoms with E-state index in [1.165, 1.54) is 0 Å². The zero-order valence-corrected chi connectivity index (χ0v) is 20.7. The molecule has 1 N–H and O–H groups in total. The van der Waals surface area contributed by atoms with Crippen LogP contribution < -0.4 is 4.74 Å². The molecule has 0 bridgehead atoms. The Morgan fingerprint density at radius 1 is 1.15 bits per heavy atom. The number of rotatable bonds is 9. The third-order valence-corrected chi connectivity index (χ3v) is 6.04. The summed E-state index contributed by atoms with van der Waals surface area (Å²) in [5.41, 5.74) is 2.89. The second-order valence-corrected chi connectivity index (χ2v) is 9.31. The Morgan fingerprint density at radius 2 is 1.91 bits per heavy atom. The number of aromatic amines is 1. The Bertz CT molecular complexity index is 1300. The predicted molar refractivity (Wildman–Crippen MR) is 136 cm³/mol. The number of esters is 1. The van der Waals surface area contributed by atoms with Gasteiger partial charge in [0.25, 0.3) is 0 Å². The molecule has 7 heteroatoms. The van der Waals surface area contributed by atoms with Crippen LogP contribution in [0, 0.1) is 5.92 Å². The van der Waals surface area contributed by atoms with Crippen LogP contribution >= 0.6 is 11.6 Å². The summed E-state index contributed by atoms with van der Waals surface area (Å²) in [4.78, 5) is 21.2. The minimum atomic E-state index is -0.208. The number of likely N-dealkylation sites (N-methyl/N-ethyl adjacent to an activating group) is 1. The highest BCUT2D eigenvalue weighted by Gasteiger charge is 2.20. The number of carbonyl (C=O) groups is 1. The summed E-state index contributed by atoms with van der Waals surface area (Å²) in [7, 11) is 1.91. The van der Waals surface area contributed by atoms with Crippen molar-refractivity contribution in [3.05, 3.63) is 71.0 Å². The van der Waals surface area contributed by atoms with Crippen molar-refractivity contribution in [3.8, 4) is 5.75 Å². The van der Waals surface area contributed by atoms with E-state index in [1.807, 2.05) is 37.2 Å². The zero-order chi connectivity index (χ0) is 24.2. The van der Waals surface area contributed by atoms with Gasteiger partial charge in [0.05, 0.1) is 18.2 Å². The molecule has 0 amide bonds. The summed E-state index contributed by atoms with van der Waals surface area (Å²) >= 11 is 6.30. The molecule has 2 aromatic carbocycles. The van der Waals surface area contributed by atoms with Gasteiger partial charge in [0.2, 0.25) is 0 Å². The van der Waals surface area contributed by atoms with Gasteiger partial charge in [0.1, 0.15) is 17.5 Å². The van der Waals surface area contributed by atoms with Crippen molar-refractivity contribution in [2.75, 3.05) is 20.2 Å². The largest absolute Gasteiger partial charge is 0.485 e. The number of H-pyrrole nitrogens is 1. The first-order chi connectivity index (χ1) is 16.3. The van der Waals surface area contributed by atoms with Gasteiger partial charge in [-0.15, -0.1) is 0 Å². The fourth-order valence-electron chi connectivity index (χ4n) is 4.12. The first-order valence-electron chi connectivity index (χ1n) is 11.5. The van der Waals surface area contributed by atoms with E-state index < -0.39 is 0 Å².